The van der Waals surface area contributed by atoms with E-state index in [9.17, 15) is 8.78 Å². The Bertz CT molecular complexity index is 664. The molecule has 112 valence electrons. The van der Waals surface area contributed by atoms with Gasteiger partial charge >= 0.3 is 0 Å². The molecular formula is C15H12Br2ClF2N. The molecule has 1 atom stereocenters. The van der Waals surface area contributed by atoms with Crippen molar-refractivity contribution in [3.05, 3.63) is 67.1 Å². The van der Waals surface area contributed by atoms with Crippen LogP contribution in [0.1, 0.15) is 17.2 Å². The molecule has 0 heterocycles. The van der Waals surface area contributed by atoms with E-state index in [4.69, 9.17) is 11.6 Å². The Morgan fingerprint density at radius 3 is 2.48 bits per heavy atom. The topological polar surface area (TPSA) is 12.0 Å². The summed E-state index contributed by atoms with van der Waals surface area (Å²) in [7, 11) is 1.74. The zero-order chi connectivity index (χ0) is 15.6. The first-order valence-electron chi connectivity index (χ1n) is 6.18. The van der Waals surface area contributed by atoms with Crippen molar-refractivity contribution in [2.45, 2.75) is 12.5 Å². The molecule has 0 aliphatic rings. The molecule has 1 nitrogen and oxygen atoms in total. The van der Waals surface area contributed by atoms with Gasteiger partial charge < -0.3 is 5.32 Å². The molecule has 2 rings (SSSR count). The third kappa shape index (κ3) is 3.83. The standard InChI is InChI=1S/C15H12Br2ClF2N/c1-21-14(9-6-8(18)2-3-11(9)16)7-10-13(19)5-4-12(17)15(10)20/h2-6,14,21H,7H2,1H3. The summed E-state index contributed by atoms with van der Waals surface area (Å²) in [6.45, 7) is 0. The summed E-state index contributed by atoms with van der Waals surface area (Å²) in [6, 6.07) is 7.69. The lowest BCUT2D eigenvalue weighted by molar-refractivity contribution is 0.512. The molecule has 0 aliphatic carbocycles. The highest BCUT2D eigenvalue weighted by Gasteiger charge is 2.20. The van der Waals surface area contributed by atoms with Crippen LogP contribution in [0.2, 0.25) is 5.02 Å². The van der Waals surface area contributed by atoms with Gasteiger partial charge in [0.2, 0.25) is 0 Å². The van der Waals surface area contributed by atoms with E-state index in [-0.39, 0.29) is 22.5 Å². The van der Waals surface area contributed by atoms with Crippen LogP contribution in [0.5, 0.6) is 0 Å². The summed E-state index contributed by atoms with van der Waals surface area (Å²) in [4.78, 5) is 0. The van der Waals surface area contributed by atoms with Crippen LogP contribution >= 0.6 is 43.5 Å². The van der Waals surface area contributed by atoms with Gasteiger partial charge in [-0.15, -0.1) is 0 Å². The molecule has 0 aliphatic heterocycles. The lowest BCUT2D eigenvalue weighted by atomic mass is 9.98. The second kappa shape index (κ2) is 7.18. The Morgan fingerprint density at radius 1 is 1.14 bits per heavy atom. The maximum Gasteiger partial charge on any atom is 0.143 e. The molecule has 1 unspecified atom stereocenters. The van der Waals surface area contributed by atoms with Crippen LogP contribution in [-0.2, 0) is 6.42 Å². The van der Waals surface area contributed by atoms with Crippen molar-refractivity contribution >= 4 is 43.5 Å². The van der Waals surface area contributed by atoms with Crippen LogP contribution in [0.15, 0.2) is 39.3 Å². The van der Waals surface area contributed by atoms with Gasteiger partial charge in [-0.3, -0.25) is 0 Å². The molecule has 21 heavy (non-hydrogen) atoms. The maximum atomic E-state index is 14.1. The van der Waals surface area contributed by atoms with Gasteiger partial charge in [-0.1, -0.05) is 27.5 Å². The number of nitrogens with one attached hydrogen (secondary N) is 1. The largest absolute Gasteiger partial charge is 0.313 e. The first-order valence-corrected chi connectivity index (χ1v) is 8.15. The van der Waals surface area contributed by atoms with Crippen molar-refractivity contribution in [3.8, 4) is 0 Å². The molecule has 2 aromatic carbocycles. The summed E-state index contributed by atoms with van der Waals surface area (Å²) < 4.78 is 29.1. The second-order valence-electron chi connectivity index (χ2n) is 4.53. The third-order valence-electron chi connectivity index (χ3n) is 3.23. The van der Waals surface area contributed by atoms with E-state index in [1.54, 1.807) is 19.2 Å². The highest BCUT2D eigenvalue weighted by molar-refractivity contribution is 9.10. The summed E-state index contributed by atoms with van der Waals surface area (Å²) >= 11 is 12.5. The van der Waals surface area contributed by atoms with E-state index in [0.717, 1.165) is 10.0 Å². The SMILES string of the molecule is CNC(Cc1c(F)ccc(Br)c1F)c1cc(Cl)ccc1Br. The van der Waals surface area contributed by atoms with Crippen molar-refractivity contribution in [3.63, 3.8) is 0 Å². The minimum Gasteiger partial charge on any atom is -0.313 e. The molecule has 0 aromatic heterocycles. The van der Waals surface area contributed by atoms with Gasteiger partial charge in [0.25, 0.3) is 0 Å². The molecule has 0 amide bonds. The van der Waals surface area contributed by atoms with Crippen molar-refractivity contribution in [1.29, 1.82) is 0 Å². The molecule has 0 fully saturated rings. The van der Waals surface area contributed by atoms with E-state index >= 15 is 0 Å². The molecule has 1 N–H and O–H groups in total. The average molecular weight is 440 g/mol. The zero-order valence-corrected chi connectivity index (χ0v) is 15.0. The van der Waals surface area contributed by atoms with Gasteiger partial charge in [-0.05, 0) is 65.3 Å². The fourth-order valence-corrected chi connectivity index (χ4v) is 3.18. The van der Waals surface area contributed by atoms with Crippen LogP contribution in [-0.4, -0.2) is 7.05 Å². The second-order valence-corrected chi connectivity index (χ2v) is 6.68. The predicted molar refractivity (Wildman–Crippen MR) is 88.7 cm³/mol. The smallest absolute Gasteiger partial charge is 0.143 e. The van der Waals surface area contributed by atoms with Crippen molar-refractivity contribution in [1.82, 2.24) is 5.32 Å². The number of rotatable bonds is 4. The van der Waals surface area contributed by atoms with Crippen LogP contribution in [0.4, 0.5) is 8.78 Å². The number of hydrogen-bond acceptors (Lipinski definition) is 1. The minimum absolute atomic E-state index is 0.0376. The van der Waals surface area contributed by atoms with Gasteiger partial charge in [0, 0.05) is 21.1 Å². The van der Waals surface area contributed by atoms with E-state index < -0.39 is 11.6 Å². The normalized spacial score (nSPS) is 12.5. The van der Waals surface area contributed by atoms with E-state index in [2.05, 4.69) is 37.2 Å². The number of benzene rings is 2. The van der Waals surface area contributed by atoms with Crippen LogP contribution in [0.3, 0.4) is 0 Å². The maximum absolute atomic E-state index is 14.1. The third-order valence-corrected chi connectivity index (χ3v) is 4.80. The molecule has 0 bridgehead atoms. The fraction of sp³-hybridized carbons (Fsp3) is 0.200. The lowest BCUT2D eigenvalue weighted by Crippen LogP contribution is -2.20. The summed E-state index contributed by atoms with van der Waals surface area (Å²) in [5.74, 6) is -1.14. The van der Waals surface area contributed by atoms with Crippen molar-refractivity contribution in [2.24, 2.45) is 0 Å². The van der Waals surface area contributed by atoms with Gasteiger partial charge in [-0.25, -0.2) is 8.78 Å². The summed E-state index contributed by atoms with van der Waals surface area (Å²) in [6.07, 6.45) is 0.173. The molecule has 0 saturated heterocycles. The number of hydrogen-bond donors (Lipinski definition) is 1. The summed E-state index contributed by atoms with van der Waals surface area (Å²) in [5, 5.41) is 3.64. The number of likely N-dealkylation sites (N-methyl/N-ethyl adjacent to an activating group) is 1. The molecule has 6 heteroatoms. The Hall–Kier alpha value is -0.490. The fourth-order valence-electron chi connectivity index (χ4n) is 2.11. The Morgan fingerprint density at radius 2 is 1.81 bits per heavy atom. The van der Waals surface area contributed by atoms with E-state index in [1.807, 2.05) is 6.07 Å². The molecule has 0 radical (unpaired) electrons. The quantitative estimate of drug-likeness (QED) is 0.608. The van der Waals surface area contributed by atoms with Gasteiger partial charge in [0.1, 0.15) is 11.6 Å². The first-order chi connectivity index (χ1) is 9.93. The predicted octanol–water partition coefficient (Wildman–Crippen LogP) is 5.65. The average Bonchev–Trinajstić information content (AvgIpc) is 2.46. The van der Waals surface area contributed by atoms with Crippen LogP contribution < -0.4 is 5.32 Å². The first kappa shape index (κ1) is 16.9. The Kier molecular flexibility index (Phi) is 5.77. The minimum atomic E-state index is -0.576. The monoisotopic (exact) mass is 437 g/mol. The summed E-state index contributed by atoms with van der Waals surface area (Å²) in [5.41, 5.74) is 0.888. The van der Waals surface area contributed by atoms with Crippen molar-refractivity contribution in [2.75, 3.05) is 7.05 Å². The van der Waals surface area contributed by atoms with Crippen LogP contribution in [0, 0.1) is 11.6 Å². The number of halogens is 5. The van der Waals surface area contributed by atoms with Gasteiger partial charge in [0.15, 0.2) is 0 Å². The molecule has 0 spiro atoms. The van der Waals surface area contributed by atoms with Gasteiger partial charge in [0.05, 0.1) is 4.47 Å². The Labute approximate surface area is 144 Å². The molecular weight excluding hydrogens is 427 g/mol. The lowest BCUT2D eigenvalue weighted by Gasteiger charge is -2.19. The van der Waals surface area contributed by atoms with Gasteiger partial charge in [-0.2, -0.15) is 0 Å². The van der Waals surface area contributed by atoms with E-state index in [1.165, 1.54) is 12.1 Å². The molecule has 0 saturated carbocycles. The van der Waals surface area contributed by atoms with Crippen molar-refractivity contribution < 1.29 is 8.78 Å². The Balaban J connectivity index is 2.40. The van der Waals surface area contributed by atoms with Crippen LogP contribution in [0.25, 0.3) is 0 Å². The van der Waals surface area contributed by atoms with E-state index in [0.29, 0.717) is 5.02 Å². The zero-order valence-electron chi connectivity index (χ0n) is 11.1. The highest BCUT2D eigenvalue weighted by atomic mass is 79.9. The highest BCUT2D eigenvalue weighted by Crippen LogP contribution is 2.31. The molecule has 2 aromatic rings.